The molecule has 22 heteroatoms. The Hall–Kier alpha value is -2.13. The van der Waals surface area contributed by atoms with E-state index >= 15 is 0 Å². The summed E-state index contributed by atoms with van der Waals surface area (Å²) < 4.78 is 221. The van der Waals surface area contributed by atoms with Crippen molar-refractivity contribution in [1.29, 1.82) is 0 Å². The SMILES string of the molecule is C/C=N/OC(=O)[C@](F)(OC(F)(F)[C@@](F)(OC(F)(F)C(F)(F)C(F)(F)F)C(F)(F)F)C(F)(F)F. The van der Waals surface area contributed by atoms with Crippen LogP contribution >= 0.6 is 0 Å². The zero-order chi connectivity index (χ0) is 27.1. The molecular weight excluding hydrogens is 533 g/mol. The molecule has 33 heavy (non-hydrogen) atoms. The van der Waals surface area contributed by atoms with Crippen LogP contribution in [0.15, 0.2) is 5.16 Å². The maximum absolute atomic E-state index is 13.8. The first kappa shape index (κ1) is 30.9. The van der Waals surface area contributed by atoms with Crippen LogP contribution in [0.5, 0.6) is 0 Å². The van der Waals surface area contributed by atoms with Crippen LogP contribution in [0.3, 0.4) is 0 Å². The van der Waals surface area contributed by atoms with E-state index in [1.807, 2.05) is 0 Å². The molecule has 0 aromatic heterocycles. The second-order valence-electron chi connectivity index (χ2n) is 5.24. The van der Waals surface area contributed by atoms with Crippen molar-refractivity contribution in [2.24, 2.45) is 5.16 Å². The van der Waals surface area contributed by atoms with Gasteiger partial charge in [-0.2, -0.15) is 74.6 Å². The molecule has 2 atom stereocenters. The molecule has 0 unspecified atom stereocenters. The third kappa shape index (κ3) is 5.51. The van der Waals surface area contributed by atoms with Gasteiger partial charge in [-0.15, -0.1) is 0 Å². The number of carbonyl (C=O) groups is 1. The summed E-state index contributed by atoms with van der Waals surface area (Å²) >= 11 is 0. The van der Waals surface area contributed by atoms with Gasteiger partial charge in [-0.25, -0.2) is 4.79 Å². The Kier molecular flexibility index (Phi) is 8.03. The first-order chi connectivity index (χ1) is 14.1. The molecule has 0 fully saturated rings. The monoisotopic (exact) mass is 537 g/mol. The first-order valence-electron chi connectivity index (χ1n) is 6.96. The van der Waals surface area contributed by atoms with Crippen LogP contribution in [0.2, 0.25) is 0 Å². The zero-order valence-corrected chi connectivity index (χ0v) is 14.6. The van der Waals surface area contributed by atoms with Gasteiger partial charge in [0, 0.05) is 6.21 Å². The molecule has 0 heterocycles. The largest absolute Gasteiger partial charge is 0.462 e. The molecule has 0 spiro atoms. The molecule has 0 rings (SSSR count). The number of oxime groups is 1. The molecule has 0 N–H and O–H groups in total. The van der Waals surface area contributed by atoms with Gasteiger partial charge >= 0.3 is 54.3 Å². The van der Waals surface area contributed by atoms with Gasteiger partial charge in [0.25, 0.3) is 0 Å². The van der Waals surface area contributed by atoms with Gasteiger partial charge < -0.3 is 4.84 Å². The van der Waals surface area contributed by atoms with Crippen LogP contribution in [0, 0.1) is 0 Å². The van der Waals surface area contributed by atoms with Gasteiger partial charge in [-0.1, -0.05) is 5.16 Å². The smallest absolute Gasteiger partial charge is 0.312 e. The number of halogens is 17. The van der Waals surface area contributed by atoms with Crippen molar-refractivity contribution >= 4 is 12.2 Å². The summed E-state index contributed by atoms with van der Waals surface area (Å²) in [7, 11) is 0. The molecule has 5 nitrogen and oxygen atoms in total. The topological polar surface area (TPSA) is 57.1 Å². The predicted octanol–water partition coefficient (Wildman–Crippen LogP) is 5.41. The van der Waals surface area contributed by atoms with E-state index in [2.05, 4.69) is 9.99 Å². The van der Waals surface area contributed by atoms with E-state index in [4.69, 9.17) is 0 Å². The predicted molar refractivity (Wildman–Crippen MR) is 63.1 cm³/mol. The molecule has 0 saturated carbocycles. The first-order valence-corrected chi connectivity index (χ1v) is 6.96. The summed E-state index contributed by atoms with van der Waals surface area (Å²) in [4.78, 5) is 13.9. The average molecular weight is 537 g/mol. The van der Waals surface area contributed by atoms with Gasteiger partial charge in [0.05, 0.1) is 0 Å². The minimum Gasteiger partial charge on any atom is -0.312 e. The summed E-state index contributed by atoms with van der Waals surface area (Å²) in [5.41, 5.74) is 0. The summed E-state index contributed by atoms with van der Waals surface area (Å²) in [6.07, 6.45) is -38.5. The fraction of sp³-hybridized carbons (Fsp3) is 0.818. The van der Waals surface area contributed by atoms with Crippen LogP contribution in [-0.4, -0.2) is 60.6 Å². The van der Waals surface area contributed by atoms with E-state index in [1.165, 1.54) is 4.74 Å². The highest BCUT2D eigenvalue weighted by Crippen LogP contribution is 2.56. The minimum atomic E-state index is -8.07. The van der Waals surface area contributed by atoms with Gasteiger partial charge in [-0.05, 0) is 6.92 Å². The molecule has 0 radical (unpaired) electrons. The highest BCUT2D eigenvalue weighted by atomic mass is 19.4. The zero-order valence-electron chi connectivity index (χ0n) is 14.6. The summed E-state index contributed by atoms with van der Waals surface area (Å²) in [5, 5.41) is 2.08. The lowest BCUT2D eigenvalue weighted by molar-refractivity contribution is -0.548. The number of hydrogen-bond donors (Lipinski definition) is 0. The van der Waals surface area contributed by atoms with Crippen molar-refractivity contribution in [2.75, 3.05) is 0 Å². The molecule has 196 valence electrons. The van der Waals surface area contributed by atoms with E-state index in [0.29, 0.717) is 6.92 Å². The maximum atomic E-state index is 13.8. The van der Waals surface area contributed by atoms with Gasteiger partial charge in [0.1, 0.15) is 0 Å². The van der Waals surface area contributed by atoms with Gasteiger partial charge in [-0.3, -0.25) is 9.47 Å². The van der Waals surface area contributed by atoms with Crippen molar-refractivity contribution in [3.05, 3.63) is 0 Å². The van der Waals surface area contributed by atoms with E-state index in [9.17, 15) is 79.4 Å². The fourth-order valence-electron chi connectivity index (χ4n) is 1.30. The minimum absolute atomic E-state index is 0.185. The molecule has 0 aromatic carbocycles. The van der Waals surface area contributed by atoms with Crippen molar-refractivity contribution in [1.82, 2.24) is 0 Å². The van der Waals surface area contributed by atoms with E-state index in [1.54, 1.807) is 4.74 Å². The molecule has 0 aromatic rings. The van der Waals surface area contributed by atoms with Crippen LogP contribution in [0.1, 0.15) is 6.92 Å². The van der Waals surface area contributed by atoms with Crippen molar-refractivity contribution in [2.45, 2.75) is 55.3 Å². The lowest BCUT2D eigenvalue weighted by Gasteiger charge is -2.39. The Balaban J connectivity index is 6.73. The Morgan fingerprint density at radius 3 is 1.36 bits per heavy atom. The quantitative estimate of drug-likeness (QED) is 0.180. The van der Waals surface area contributed by atoms with Gasteiger partial charge in [0.15, 0.2) is 0 Å². The number of hydrogen-bond acceptors (Lipinski definition) is 5. The molecule has 0 aliphatic rings. The number of alkyl halides is 17. The molecule has 0 aliphatic carbocycles. The average Bonchev–Trinajstić information content (AvgIpc) is 2.55. The maximum Gasteiger partial charge on any atom is 0.462 e. The van der Waals surface area contributed by atoms with Crippen molar-refractivity contribution < 1.29 is 93.7 Å². The second-order valence-corrected chi connectivity index (χ2v) is 5.24. The number of carbonyl (C=O) groups excluding carboxylic acids is 1. The standard InChI is InChI=1S/C11H4F17NO4/c1-2-29-31-3(30)4(12,7(16,17)18)32-11(27,28)6(15,9(22,23)24)33-10(25,26)5(13,14)8(19,20)21/h2H,1H3/b29-2+/t4-,6-/m0/s1. The summed E-state index contributed by atoms with van der Waals surface area (Å²) in [6.45, 7) is 0.698. The molecule has 0 bridgehead atoms. The van der Waals surface area contributed by atoms with E-state index in [0.717, 1.165) is 0 Å². The van der Waals surface area contributed by atoms with Gasteiger partial charge in [0.2, 0.25) is 0 Å². The Morgan fingerprint density at radius 2 is 1.06 bits per heavy atom. The number of nitrogens with zero attached hydrogens (tertiary/aromatic N) is 1. The Labute approximate surface area is 168 Å². The summed E-state index contributed by atoms with van der Waals surface area (Å²) in [6, 6.07) is 0. The molecule has 0 amide bonds. The molecular formula is C11H4F17NO4. The number of ether oxygens (including phenoxy) is 2. The lowest BCUT2D eigenvalue weighted by Crippen LogP contribution is -2.68. The van der Waals surface area contributed by atoms with E-state index < -0.39 is 54.3 Å². The van der Waals surface area contributed by atoms with Crippen molar-refractivity contribution in [3.8, 4) is 0 Å². The molecule has 0 saturated heterocycles. The van der Waals surface area contributed by atoms with Crippen LogP contribution in [-0.2, 0) is 19.1 Å². The second kappa shape index (κ2) is 8.58. The number of rotatable bonds is 8. The van der Waals surface area contributed by atoms with Crippen molar-refractivity contribution in [3.63, 3.8) is 0 Å². The Morgan fingerprint density at radius 1 is 0.636 bits per heavy atom. The van der Waals surface area contributed by atoms with Crippen LogP contribution < -0.4 is 0 Å². The third-order valence-electron chi connectivity index (χ3n) is 2.87. The highest BCUT2D eigenvalue weighted by molar-refractivity contribution is 5.79. The van der Waals surface area contributed by atoms with E-state index in [-0.39, 0.29) is 6.21 Å². The van der Waals surface area contributed by atoms with Crippen LogP contribution in [0.4, 0.5) is 74.6 Å². The summed E-state index contributed by atoms with van der Waals surface area (Å²) in [5.74, 6) is -26.7. The molecule has 0 aliphatic heterocycles. The Bertz CT molecular complexity index is 741. The third-order valence-corrected chi connectivity index (χ3v) is 2.87. The fourth-order valence-corrected chi connectivity index (χ4v) is 1.30. The normalized spacial score (nSPS) is 18.7. The lowest BCUT2D eigenvalue weighted by atomic mass is 10.2. The highest BCUT2D eigenvalue weighted by Gasteiger charge is 2.85. The van der Waals surface area contributed by atoms with Crippen LogP contribution in [0.25, 0.3) is 0 Å².